The zero-order valence-electron chi connectivity index (χ0n) is 29.2. The summed E-state index contributed by atoms with van der Waals surface area (Å²) in [6, 6.07) is 6.85. The SMILES string of the molecule is C=CCCC(=O)NC[C@H](C)OC(=O)[C@H]1[C@@H]2O[C@@]3(CC2Br)[C@@H]1C(=O)N(CCCCCCO)[C@@H]3C(=O)N(CC=C)c1ccc(N(CC)CC)cc1. The number of hydrogen-bond acceptors (Lipinski definition) is 8. The van der Waals surface area contributed by atoms with Gasteiger partial charge in [0.15, 0.2) is 0 Å². The Labute approximate surface area is 299 Å². The van der Waals surface area contributed by atoms with Crippen LogP contribution in [0.3, 0.4) is 0 Å². The maximum atomic E-state index is 14.9. The van der Waals surface area contributed by atoms with Crippen LogP contribution in [0, 0.1) is 11.8 Å². The highest BCUT2D eigenvalue weighted by atomic mass is 79.9. The van der Waals surface area contributed by atoms with Gasteiger partial charge in [-0.15, -0.1) is 13.2 Å². The van der Waals surface area contributed by atoms with Crippen molar-refractivity contribution in [2.75, 3.05) is 49.1 Å². The number of esters is 1. The number of allylic oxidation sites excluding steroid dienone is 1. The van der Waals surface area contributed by atoms with E-state index in [0.29, 0.717) is 44.3 Å². The lowest BCUT2D eigenvalue weighted by Gasteiger charge is -2.37. The first kappa shape index (κ1) is 38.6. The van der Waals surface area contributed by atoms with Gasteiger partial charge in [0.2, 0.25) is 11.8 Å². The molecular formula is C37H53BrN4O7. The summed E-state index contributed by atoms with van der Waals surface area (Å²) in [5.41, 5.74) is 0.495. The third kappa shape index (κ3) is 8.23. The van der Waals surface area contributed by atoms with Crippen LogP contribution in [0.5, 0.6) is 0 Å². The van der Waals surface area contributed by atoms with E-state index in [0.717, 1.165) is 31.6 Å². The van der Waals surface area contributed by atoms with E-state index in [-0.39, 0.29) is 42.2 Å². The van der Waals surface area contributed by atoms with E-state index >= 15 is 0 Å². The van der Waals surface area contributed by atoms with Gasteiger partial charge in [-0.2, -0.15) is 0 Å². The number of nitrogens with one attached hydrogen (secondary N) is 1. The molecule has 1 aromatic rings. The Morgan fingerprint density at radius 2 is 1.80 bits per heavy atom. The van der Waals surface area contributed by atoms with Crippen molar-refractivity contribution >= 4 is 51.0 Å². The highest BCUT2D eigenvalue weighted by Gasteiger charge is 2.77. The maximum Gasteiger partial charge on any atom is 0.312 e. The number of likely N-dealkylation sites (tertiary alicyclic amines) is 1. The lowest BCUT2D eigenvalue weighted by atomic mass is 9.70. The molecule has 0 saturated carbocycles. The number of fused-ring (bicyclic) bond motifs is 1. The largest absolute Gasteiger partial charge is 0.460 e. The Balaban J connectivity index is 1.63. The molecule has 4 rings (SSSR count). The van der Waals surface area contributed by atoms with Crippen molar-refractivity contribution in [3.63, 3.8) is 0 Å². The number of rotatable bonds is 20. The normalized spacial score (nSPS) is 25.9. The number of alkyl halides is 1. The summed E-state index contributed by atoms with van der Waals surface area (Å²) in [6.45, 7) is 15.9. The Morgan fingerprint density at radius 1 is 1.12 bits per heavy atom. The van der Waals surface area contributed by atoms with Crippen LogP contribution in [0.25, 0.3) is 0 Å². The van der Waals surface area contributed by atoms with Gasteiger partial charge in [-0.1, -0.05) is 40.9 Å². The van der Waals surface area contributed by atoms with Crippen molar-refractivity contribution < 1.29 is 33.8 Å². The van der Waals surface area contributed by atoms with E-state index in [2.05, 4.69) is 53.2 Å². The molecule has 3 aliphatic rings. The van der Waals surface area contributed by atoms with Crippen LogP contribution >= 0.6 is 15.9 Å². The lowest BCUT2D eigenvalue weighted by Crippen LogP contribution is -2.57. The number of hydrogen-bond donors (Lipinski definition) is 2. The molecule has 7 atom stereocenters. The summed E-state index contributed by atoms with van der Waals surface area (Å²) < 4.78 is 12.5. The standard InChI is InChI=1S/C37H53BrN4O7/c1-6-10-15-29(44)39-24-25(5)48-36(47)30-31-34(45)42(21-13-11-12-14-22-43)33(37(31)23-28(38)32(30)49-37)35(46)41(20-7-2)27-18-16-26(17-19-27)40(8-3)9-4/h6-7,16-19,25,28,30-33,43H,1-2,8-15,20-24H2,3-5H3,(H,39,44)/t25-,28?,30+,31-,32+,33+,37-/m0/s1. The first-order valence-corrected chi connectivity index (χ1v) is 18.6. The molecule has 12 heteroatoms. The molecule has 3 amide bonds. The summed E-state index contributed by atoms with van der Waals surface area (Å²) in [7, 11) is 0. The molecule has 11 nitrogen and oxygen atoms in total. The number of benzene rings is 1. The number of carbonyl (C=O) groups excluding carboxylic acids is 4. The van der Waals surface area contributed by atoms with E-state index < -0.39 is 41.7 Å². The monoisotopic (exact) mass is 744 g/mol. The van der Waals surface area contributed by atoms with Crippen LogP contribution in [0.4, 0.5) is 11.4 Å². The Hall–Kier alpha value is -3.22. The number of nitrogens with zero attached hydrogens (tertiary/aromatic N) is 3. The molecule has 1 spiro atoms. The Bertz CT molecular complexity index is 1340. The minimum atomic E-state index is -1.23. The summed E-state index contributed by atoms with van der Waals surface area (Å²) in [4.78, 5) is 60.5. The lowest BCUT2D eigenvalue weighted by molar-refractivity contribution is -0.159. The fraction of sp³-hybridized carbons (Fsp3) is 0.622. The van der Waals surface area contributed by atoms with Gasteiger partial charge in [-0.05, 0) is 70.7 Å². The molecule has 0 aliphatic carbocycles. The summed E-state index contributed by atoms with van der Waals surface area (Å²) in [6.07, 6.45) is 6.14. The third-order valence-corrected chi connectivity index (χ3v) is 10.8. The van der Waals surface area contributed by atoms with Crippen LogP contribution in [0.1, 0.15) is 65.7 Å². The van der Waals surface area contributed by atoms with Crippen molar-refractivity contribution in [3.8, 4) is 0 Å². The minimum Gasteiger partial charge on any atom is -0.460 e. The van der Waals surface area contributed by atoms with Crippen LogP contribution in [0.2, 0.25) is 0 Å². The number of ether oxygens (including phenoxy) is 2. The van der Waals surface area contributed by atoms with Crippen molar-refractivity contribution in [1.82, 2.24) is 10.2 Å². The second-order valence-corrected chi connectivity index (χ2v) is 14.3. The van der Waals surface area contributed by atoms with Gasteiger partial charge in [0, 0.05) is 55.4 Å². The number of anilines is 2. The molecule has 3 aliphatic heterocycles. The summed E-state index contributed by atoms with van der Waals surface area (Å²) >= 11 is 3.72. The number of aliphatic hydroxyl groups excluding tert-OH is 1. The number of aliphatic hydroxyl groups is 1. The fourth-order valence-electron chi connectivity index (χ4n) is 7.60. The second-order valence-electron chi connectivity index (χ2n) is 13.1. The fourth-order valence-corrected chi connectivity index (χ4v) is 8.54. The van der Waals surface area contributed by atoms with Crippen molar-refractivity contribution in [2.45, 2.75) is 94.4 Å². The van der Waals surface area contributed by atoms with Gasteiger partial charge in [0.25, 0.3) is 5.91 Å². The molecule has 3 heterocycles. The van der Waals surface area contributed by atoms with E-state index in [1.807, 2.05) is 24.3 Å². The minimum absolute atomic E-state index is 0.0983. The van der Waals surface area contributed by atoms with Crippen molar-refractivity contribution in [1.29, 1.82) is 0 Å². The average molecular weight is 746 g/mol. The Kier molecular flexibility index (Phi) is 13.9. The van der Waals surface area contributed by atoms with Gasteiger partial charge in [-0.3, -0.25) is 19.2 Å². The predicted octanol–water partition coefficient (Wildman–Crippen LogP) is 4.37. The highest BCUT2D eigenvalue weighted by molar-refractivity contribution is 9.09. The summed E-state index contributed by atoms with van der Waals surface area (Å²) in [5, 5.41) is 12.0. The first-order valence-electron chi connectivity index (χ1n) is 17.7. The van der Waals surface area contributed by atoms with E-state index in [1.54, 1.807) is 28.9 Å². The molecule has 0 aromatic heterocycles. The van der Waals surface area contributed by atoms with Gasteiger partial charge in [-0.25, -0.2) is 0 Å². The zero-order valence-corrected chi connectivity index (χ0v) is 30.7. The van der Waals surface area contributed by atoms with Gasteiger partial charge in [0.1, 0.15) is 17.7 Å². The smallest absolute Gasteiger partial charge is 0.312 e. The van der Waals surface area contributed by atoms with E-state index in [9.17, 15) is 24.3 Å². The average Bonchev–Trinajstić information content (AvgIpc) is 3.68. The molecule has 1 unspecified atom stereocenters. The quantitative estimate of drug-likeness (QED) is 0.0873. The zero-order chi connectivity index (χ0) is 35.7. The van der Waals surface area contributed by atoms with Crippen molar-refractivity contribution in [3.05, 3.63) is 49.6 Å². The van der Waals surface area contributed by atoms with Crippen molar-refractivity contribution in [2.24, 2.45) is 11.8 Å². The van der Waals surface area contributed by atoms with Gasteiger partial charge >= 0.3 is 5.97 Å². The first-order chi connectivity index (χ1) is 23.6. The van der Waals surface area contributed by atoms with Gasteiger partial charge in [0.05, 0.1) is 24.5 Å². The van der Waals surface area contributed by atoms with Gasteiger partial charge < -0.3 is 34.6 Å². The molecule has 49 heavy (non-hydrogen) atoms. The maximum absolute atomic E-state index is 14.9. The molecule has 3 saturated heterocycles. The molecule has 2 bridgehead atoms. The Morgan fingerprint density at radius 3 is 2.43 bits per heavy atom. The summed E-state index contributed by atoms with van der Waals surface area (Å²) in [5.74, 6) is -3.13. The number of unbranched alkanes of at least 4 members (excludes halogenated alkanes) is 3. The molecule has 0 radical (unpaired) electrons. The van der Waals surface area contributed by atoms with Crippen LogP contribution in [0.15, 0.2) is 49.6 Å². The molecule has 1 aromatic carbocycles. The van der Waals surface area contributed by atoms with E-state index in [4.69, 9.17) is 9.47 Å². The molecule has 3 fully saturated rings. The van der Waals surface area contributed by atoms with Crippen LogP contribution in [-0.2, 0) is 28.7 Å². The molecule has 2 N–H and O–H groups in total. The predicted molar refractivity (Wildman–Crippen MR) is 194 cm³/mol. The number of carbonyl (C=O) groups is 4. The molecule has 270 valence electrons. The van der Waals surface area contributed by atoms with E-state index in [1.165, 1.54) is 0 Å². The second kappa shape index (κ2) is 17.6. The molecular weight excluding hydrogens is 692 g/mol. The topological polar surface area (TPSA) is 129 Å². The van der Waals surface area contributed by atoms with Crippen LogP contribution < -0.4 is 15.1 Å². The third-order valence-electron chi connectivity index (χ3n) is 9.95. The van der Waals surface area contributed by atoms with Crippen LogP contribution in [-0.4, -0.2) is 102 Å². The highest BCUT2D eigenvalue weighted by Crippen LogP contribution is 2.60. The number of halogens is 1. The number of amides is 3.